The van der Waals surface area contributed by atoms with Gasteiger partial charge in [0.2, 0.25) is 0 Å². The van der Waals surface area contributed by atoms with Crippen LogP contribution in [0.2, 0.25) is 0 Å². The van der Waals surface area contributed by atoms with E-state index in [9.17, 15) is 10.1 Å². The van der Waals surface area contributed by atoms with E-state index in [2.05, 4.69) is 11.8 Å². The van der Waals surface area contributed by atoms with Crippen LogP contribution in [0, 0.1) is 10.1 Å². The molecular formula is C10H13N3O2. The SMILES string of the molecule is CC1N(C)c2ccc([N+](=O)[O-])cc2N1C. The number of hydrogen-bond donors (Lipinski definition) is 0. The van der Waals surface area contributed by atoms with Crippen molar-refractivity contribution in [3.05, 3.63) is 28.3 Å². The molecule has 5 heteroatoms. The first kappa shape index (κ1) is 9.76. The summed E-state index contributed by atoms with van der Waals surface area (Å²) in [6, 6.07) is 4.96. The third kappa shape index (κ3) is 1.31. The van der Waals surface area contributed by atoms with Crippen molar-refractivity contribution in [3.8, 4) is 0 Å². The summed E-state index contributed by atoms with van der Waals surface area (Å²) in [4.78, 5) is 14.4. The maximum atomic E-state index is 10.6. The second-order valence-electron chi connectivity index (χ2n) is 3.78. The van der Waals surface area contributed by atoms with Crippen molar-refractivity contribution in [1.29, 1.82) is 0 Å². The first-order valence-corrected chi connectivity index (χ1v) is 4.76. The molecule has 0 radical (unpaired) electrons. The number of nitro benzene ring substituents is 1. The lowest BCUT2D eigenvalue weighted by atomic mass is 10.2. The molecule has 1 aliphatic heterocycles. The summed E-state index contributed by atoms with van der Waals surface area (Å²) >= 11 is 0. The molecule has 1 aliphatic rings. The molecule has 1 heterocycles. The average Bonchev–Trinajstić information content (AvgIpc) is 2.44. The molecule has 1 atom stereocenters. The molecule has 0 aromatic heterocycles. The maximum Gasteiger partial charge on any atom is 0.271 e. The summed E-state index contributed by atoms with van der Waals surface area (Å²) in [5, 5.41) is 10.6. The van der Waals surface area contributed by atoms with Gasteiger partial charge >= 0.3 is 0 Å². The third-order valence-electron chi connectivity index (χ3n) is 3.05. The second kappa shape index (κ2) is 3.12. The molecule has 2 rings (SSSR count). The Balaban J connectivity index is 2.51. The minimum atomic E-state index is -0.364. The Morgan fingerprint density at radius 2 is 1.87 bits per heavy atom. The molecule has 1 aromatic carbocycles. The molecule has 1 aromatic rings. The van der Waals surface area contributed by atoms with E-state index in [4.69, 9.17) is 0 Å². The molecule has 5 nitrogen and oxygen atoms in total. The topological polar surface area (TPSA) is 49.6 Å². The van der Waals surface area contributed by atoms with Gasteiger partial charge in [0.05, 0.1) is 22.5 Å². The summed E-state index contributed by atoms with van der Waals surface area (Å²) in [7, 11) is 3.93. The van der Waals surface area contributed by atoms with Crippen LogP contribution in [0.3, 0.4) is 0 Å². The van der Waals surface area contributed by atoms with Crippen LogP contribution >= 0.6 is 0 Å². The molecule has 0 saturated heterocycles. The molecule has 0 amide bonds. The summed E-state index contributed by atoms with van der Waals surface area (Å²) in [5.74, 6) is 0. The minimum absolute atomic E-state index is 0.142. The number of non-ortho nitro benzene ring substituents is 1. The van der Waals surface area contributed by atoms with Gasteiger partial charge in [-0.2, -0.15) is 0 Å². The van der Waals surface area contributed by atoms with Crippen LogP contribution in [-0.4, -0.2) is 25.2 Å². The summed E-state index contributed by atoms with van der Waals surface area (Å²) in [6.45, 7) is 2.06. The number of rotatable bonds is 1. The zero-order chi connectivity index (χ0) is 11.2. The quantitative estimate of drug-likeness (QED) is 0.520. The van der Waals surface area contributed by atoms with Gasteiger partial charge in [0.25, 0.3) is 5.69 Å². The van der Waals surface area contributed by atoms with Crippen molar-refractivity contribution in [2.24, 2.45) is 0 Å². The molecule has 15 heavy (non-hydrogen) atoms. The summed E-state index contributed by atoms with van der Waals surface area (Å²) < 4.78 is 0. The fourth-order valence-electron chi connectivity index (χ4n) is 1.87. The lowest BCUT2D eigenvalue weighted by Crippen LogP contribution is -2.35. The van der Waals surface area contributed by atoms with Gasteiger partial charge in [-0.05, 0) is 13.0 Å². The summed E-state index contributed by atoms with van der Waals surface area (Å²) in [5.41, 5.74) is 2.10. The Bertz CT molecular complexity index is 419. The van der Waals surface area contributed by atoms with Crippen LogP contribution in [0.15, 0.2) is 18.2 Å². The van der Waals surface area contributed by atoms with E-state index >= 15 is 0 Å². The van der Waals surface area contributed by atoms with E-state index in [1.165, 1.54) is 0 Å². The van der Waals surface area contributed by atoms with Crippen LogP contribution in [0.4, 0.5) is 17.1 Å². The van der Waals surface area contributed by atoms with Crippen molar-refractivity contribution in [3.63, 3.8) is 0 Å². The monoisotopic (exact) mass is 207 g/mol. The van der Waals surface area contributed by atoms with E-state index in [1.807, 2.05) is 19.0 Å². The van der Waals surface area contributed by atoms with E-state index in [-0.39, 0.29) is 16.8 Å². The highest BCUT2D eigenvalue weighted by Crippen LogP contribution is 2.39. The van der Waals surface area contributed by atoms with Gasteiger partial charge in [0.1, 0.15) is 0 Å². The van der Waals surface area contributed by atoms with E-state index < -0.39 is 0 Å². The van der Waals surface area contributed by atoms with Crippen molar-refractivity contribution in [2.45, 2.75) is 13.1 Å². The predicted molar refractivity (Wildman–Crippen MR) is 59.4 cm³/mol. The molecule has 0 spiro atoms. The predicted octanol–water partition coefficient (Wildman–Crippen LogP) is 1.83. The molecule has 0 aliphatic carbocycles. The number of nitrogens with zero attached hydrogens (tertiary/aromatic N) is 3. The Morgan fingerprint density at radius 1 is 1.27 bits per heavy atom. The average molecular weight is 207 g/mol. The van der Waals surface area contributed by atoms with Crippen molar-refractivity contribution >= 4 is 17.1 Å². The van der Waals surface area contributed by atoms with Crippen LogP contribution < -0.4 is 9.80 Å². The van der Waals surface area contributed by atoms with E-state index in [0.29, 0.717) is 0 Å². The van der Waals surface area contributed by atoms with Gasteiger partial charge in [-0.3, -0.25) is 10.1 Å². The fourth-order valence-corrected chi connectivity index (χ4v) is 1.87. The first-order chi connectivity index (χ1) is 7.02. The van der Waals surface area contributed by atoms with E-state index in [0.717, 1.165) is 11.4 Å². The standard InChI is InChI=1S/C10H13N3O2/c1-7-11(2)9-5-4-8(13(14)15)6-10(9)12(7)3/h4-7H,1-3H3. The molecule has 0 fully saturated rings. The number of fused-ring (bicyclic) bond motifs is 1. The van der Waals surface area contributed by atoms with Crippen LogP contribution in [0.5, 0.6) is 0 Å². The Hall–Kier alpha value is -1.78. The zero-order valence-corrected chi connectivity index (χ0v) is 8.97. The molecule has 0 saturated carbocycles. The summed E-state index contributed by atoms with van der Waals surface area (Å²) in [6.07, 6.45) is 0.238. The highest BCUT2D eigenvalue weighted by molar-refractivity contribution is 5.79. The van der Waals surface area contributed by atoms with Gasteiger partial charge in [-0.15, -0.1) is 0 Å². The van der Waals surface area contributed by atoms with Crippen molar-refractivity contribution in [1.82, 2.24) is 0 Å². The smallest absolute Gasteiger partial charge is 0.271 e. The second-order valence-corrected chi connectivity index (χ2v) is 3.78. The van der Waals surface area contributed by atoms with Gasteiger partial charge < -0.3 is 9.80 Å². The molecular weight excluding hydrogens is 194 g/mol. The molecule has 80 valence electrons. The largest absolute Gasteiger partial charge is 0.353 e. The highest BCUT2D eigenvalue weighted by Gasteiger charge is 2.28. The number of hydrogen-bond acceptors (Lipinski definition) is 4. The van der Waals surface area contributed by atoms with Crippen molar-refractivity contribution < 1.29 is 4.92 Å². The van der Waals surface area contributed by atoms with Gasteiger partial charge in [-0.1, -0.05) is 0 Å². The normalized spacial score (nSPS) is 19.3. The highest BCUT2D eigenvalue weighted by atomic mass is 16.6. The Morgan fingerprint density at radius 3 is 2.47 bits per heavy atom. The van der Waals surface area contributed by atoms with Gasteiger partial charge in [0.15, 0.2) is 0 Å². The molecule has 0 N–H and O–H groups in total. The maximum absolute atomic E-state index is 10.6. The van der Waals surface area contributed by atoms with E-state index in [1.54, 1.807) is 18.2 Å². The van der Waals surface area contributed by atoms with Gasteiger partial charge in [0, 0.05) is 26.2 Å². The number of nitro groups is 1. The number of anilines is 2. The van der Waals surface area contributed by atoms with Crippen LogP contribution in [0.25, 0.3) is 0 Å². The lowest BCUT2D eigenvalue weighted by molar-refractivity contribution is -0.384. The first-order valence-electron chi connectivity index (χ1n) is 4.76. The van der Waals surface area contributed by atoms with Crippen molar-refractivity contribution in [2.75, 3.05) is 23.9 Å². The molecule has 0 bridgehead atoms. The Kier molecular flexibility index (Phi) is 2.03. The van der Waals surface area contributed by atoms with Crippen LogP contribution in [0.1, 0.15) is 6.92 Å². The minimum Gasteiger partial charge on any atom is -0.353 e. The Labute approximate surface area is 88.1 Å². The zero-order valence-electron chi connectivity index (χ0n) is 8.97. The van der Waals surface area contributed by atoms with Gasteiger partial charge in [-0.25, -0.2) is 0 Å². The molecule has 1 unspecified atom stereocenters. The number of benzene rings is 1. The third-order valence-corrected chi connectivity index (χ3v) is 3.05. The fraction of sp³-hybridized carbons (Fsp3) is 0.400. The lowest BCUT2D eigenvalue weighted by Gasteiger charge is -2.23. The van der Waals surface area contributed by atoms with Crippen LogP contribution in [-0.2, 0) is 0 Å².